The van der Waals surface area contributed by atoms with Crippen molar-refractivity contribution in [3.63, 3.8) is 0 Å². The monoisotopic (exact) mass is 836 g/mol. The summed E-state index contributed by atoms with van der Waals surface area (Å²) in [6.07, 6.45) is 4.67. The highest BCUT2D eigenvalue weighted by Crippen LogP contribution is 2.45. The third kappa shape index (κ3) is 7.20. The van der Waals surface area contributed by atoms with E-state index in [0.29, 0.717) is 11.3 Å². The summed E-state index contributed by atoms with van der Waals surface area (Å²) in [7, 11) is 0. The highest BCUT2D eigenvalue weighted by atomic mass is 14.6. The van der Waals surface area contributed by atoms with Gasteiger partial charge in [-0.1, -0.05) is 218 Å². The van der Waals surface area contributed by atoms with Gasteiger partial charge < -0.3 is 0 Å². The molecule has 0 N–H and O–H groups in total. The maximum absolute atomic E-state index is 9.58. The Kier molecular flexibility index (Phi) is 10.4. The van der Waals surface area contributed by atoms with Crippen LogP contribution in [-0.2, 0) is 0 Å². The summed E-state index contributed by atoms with van der Waals surface area (Å²) in [4.78, 5) is 3.65. The van der Waals surface area contributed by atoms with E-state index in [1.54, 1.807) is 0 Å². The van der Waals surface area contributed by atoms with Crippen molar-refractivity contribution in [3.05, 3.63) is 281 Å². The maximum Gasteiger partial charge on any atom is 0.187 e. The molecule has 2 nitrogen and oxygen atoms in total. The Balaban J connectivity index is 1.08. The molecule has 0 saturated heterocycles. The van der Waals surface area contributed by atoms with Crippen LogP contribution in [0.4, 0.5) is 5.69 Å². The minimum Gasteiger partial charge on any atom is -0.238 e. The van der Waals surface area contributed by atoms with Crippen LogP contribution >= 0.6 is 0 Å². The van der Waals surface area contributed by atoms with Crippen molar-refractivity contribution in [1.29, 1.82) is 5.26 Å². The lowest BCUT2D eigenvalue weighted by Gasteiger charge is -2.19. The molecule has 0 aromatic heterocycles. The molecule has 0 atom stereocenters. The van der Waals surface area contributed by atoms with E-state index in [4.69, 9.17) is 6.57 Å². The minimum absolute atomic E-state index is 0.626. The fraction of sp³-hybridized carbons (Fsp3) is 0. The number of hydrogen-bond acceptors (Lipinski definition) is 1. The molecule has 0 heterocycles. The van der Waals surface area contributed by atoms with Gasteiger partial charge in [-0.05, 0) is 134 Å². The molecule has 0 aliphatic carbocycles. The van der Waals surface area contributed by atoms with Crippen LogP contribution in [0.5, 0.6) is 0 Å². The van der Waals surface area contributed by atoms with Crippen LogP contribution in [0.3, 0.4) is 0 Å². The van der Waals surface area contributed by atoms with Gasteiger partial charge in [-0.2, -0.15) is 5.26 Å². The normalized spacial score (nSPS) is 11.8. The van der Waals surface area contributed by atoms with Crippen molar-refractivity contribution in [2.75, 3.05) is 0 Å². The molecule has 0 spiro atoms. The Bertz CT molecular complexity index is 3410. The molecule has 0 radical (unpaired) electrons. The van der Waals surface area contributed by atoms with Gasteiger partial charge in [0, 0.05) is 0 Å². The molecule has 0 bridgehead atoms. The van der Waals surface area contributed by atoms with Gasteiger partial charge in [0.2, 0.25) is 0 Å². The second-order valence-electron chi connectivity index (χ2n) is 16.5. The number of hydrogen-bond donors (Lipinski definition) is 0. The molecule has 0 aliphatic heterocycles. The highest BCUT2D eigenvalue weighted by Gasteiger charge is 2.19. The van der Waals surface area contributed by atoms with E-state index in [2.05, 4.69) is 217 Å². The number of nitriles is 1. The first-order valence-electron chi connectivity index (χ1n) is 22.2. The maximum atomic E-state index is 9.58. The van der Waals surface area contributed by atoms with Crippen molar-refractivity contribution in [2.24, 2.45) is 0 Å². The van der Waals surface area contributed by atoms with E-state index in [0.717, 1.165) is 55.7 Å². The lowest BCUT2D eigenvalue weighted by Crippen LogP contribution is -1.94. The van der Waals surface area contributed by atoms with Gasteiger partial charge in [0.25, 0.3) is 0 Å². The fourth-order valence-electron chi connectivity index (χ4n) is 9.69. The second-order valence-corrected chi connectivity index (χ2v) is 16.5. The first-order valence-corrected chi connectivity index (χ1v) is 22.2. The molecule has 11 aromatic rings. The number of fused-ring (bicyclic) bond motifs is 4. The quantitative estimate of drug-likeness (QED) is 0.0851. The summed E-state index contributed by atoms with van der Waals surface area (Å²) >= 11 is 0. The number of rotatable bonds is 8. The molecule has 2 heteroatoms. The van der Waals surface area contributed by atoms with Gasteiger partial charge in [0.05, 0.1) is 18.2 Å². The van der Waals surface area contributed by atoms with Crippen LogP contribution in [-0.4, -0.2) is 0 Å². The molecule has 11 rings (SSSR count). The smallest absolute Gasteiger partial charge is 0.187 e. The predicted molar refractivity (Wildman–Crippen MR) is 278 cm³/mol. The molecule has 0 saturated carbocycles. The molecule has 0 unspecified atom stereocenters. The third-order valence-corrected chi connectivity index (χ3v) is 12.8. The Morgan fingerprint density at radius 2 is 0.652 bits per heavy atom. The van der Waals surface area contributed by atoms with Crippen molar-refractivity contribution in [3.8, 4) is 28.3 Å². The molecule has 306 valence electrons. The third-order valence-electron chi connectivity index (χ3n) is 12.8. The topological polar surface area (TPSA) is 28.1 Å². The van der Waals surface area contributed by atoms with Crippen LogP contribution in [0.2, 0.25) is 0 Å². The van der Waals surface area contributed by atoms with E-state index < -0.39 is 0 Å². The summed E-state index contributed by atoms with van der Waals surface area (Å²) in [5.74, 6) is 0. The highest BCUT2D eigenvalue weighted by molar-refractivity contribution is 6.21. The van der Waals surface area contributed by atoms with Crippen LogP contribution < -0.4 is 0 Å². The lowest BCUT2D eigenvalue weighted by atomic mass is 9.84. The zero-order valence-corrected chi connectivity index (χ0v) is 36.0. The van der Waals surface area contributed by atoms with Gasteiger partial charge >= 0.3 is 0 Å². The zero-order chi connectivity index (χ0) is 44.4. The molecular weight excluding hydrogens is 797 g/mol. The van der Waals surface area contributed by atoms with Crippen molar-refractivity contribution < 1.29 is 0 Å². The first kappa shape index (κ1) is 39.7. The van der Waals surface area contributed by atoms with Crippen molar-refractivity contribution >= 4 is 72.1 Å². The van der Waals surface area contributed by atoms with E-state index in [-0.39, 0.29) is 0 Å². The lowest BCUT2D eigenvalue weighted by molar-refractivity contribution is 1.47. The number of benzene rings is 11. The first-order chi connectivity index (χ1) is 32.7. The summed E-state index contributed by atoms with van der Waals surface area (Å²) < 4.78 is 0. The van der Waals surface area contributed by atoms with E-state index in [1.165, 1.54) is 54.2 Å². The molecule has 0 amide bonds. The Morgan fingerprint density at radius 1 is 0.348 bits per heavy atom. The molecule has 0 fully saturated rings. The van der Waals surface area contributed by atoms with Crippen LogP contribution in [0.1, 0.15) is 38.9 Å². The average Bonchev–Trinajstić information content (AvgIpc) is 3.39. The fourth-order valence-corrected chi connectivity index (χ4v) is 9.69. The Hall–Kier alpha value is -9.08. The Morgan fingerprint density at radius 3 is 0.985 bits per heavy atom. The molecule has 0 aliphatic rings. The van der Waals surface area contributed by atoms with Gasteiger partial charge in [0.1, 0.15) is 0 Å². The zero-order valence-electron chi connectivity index (χ0n) is 36.0. The summed E-state index contributed by atoms with van der Waals surface area (Å²) in [5.41, 5.74) is 14.9. The largest absolute Gasteiger partial charge is 0.238 e. The predicted octanol–water partition coefficient (Wildman–Crippen LogP) is 17.2. The Labute approximate surface area is 384 Å². The average molecular weight is 837 g/mol. The van der Waals surface area contributed by atoms with Crippen molar-refractivity contribution in [2.45, 2.75) is 0 Å². The van der Waals surface area contributed by atoms with E-state index in [9.17, 15) is 5.26 Å². The summed E-state index contributed by atoms with van der Waals surface area (Å²) in [6, 6.07) is 83.4. The molecular formula is C64H40N2. The molecule has 11 aromatic carbocycles. The van der Waals surface area contributed by atoms with Crippen LogP contribution in [0.25, 0.3) is 93.5 Å². The van der Waals surface area contributed by atoms with Gasteiger partial charge in [-0.3, -0.25) is 0 Å². The van der Waals surface area contributed by atoms with Gasteiger partial charge in [0.15, 0.2) is 5.69 Å². The van der Waals surface area contributed by atoms with Gasteiger partial charge in [-0.15, -0.1) is 0 Å². The second kappa shape index (κ2) is 17.2. The van der Waals surface area contributed by atoms with Crippen molar-refractivity contribution in [1.82, 2.24) is 0 Å². The van der Waals surface area contributed by atoms with Crippen LogP contribution in [0.15, 0.2) is 231 Å². The van der Waals surface area contributed by atoms with E-state index >= 15 is 0 Å². The van der Waals surface area contributed by atoms with Gasteiger partial charge in [-0.25, -0.2) is 4.85 Å². The standard InChI is InChI=1S/C64H40N2/c1-66-50-38-36-47(37-39-50)60(45-18-6-3-7-19-45)41-62-53-22-10-14-26-57(53)64(58-27-15-11-23-54(58)62)49-34-32-48(33-35-49)63-55-24-12-8-20-51(55)61(52-21-9-13-25-56(52)63)40-59(44-16-4-2-5-17-44)46-30-28-43(42-65)29-31-46/h2-41H. The van der Waals surface area contributed by atoms with E-state index in [1.807, 2.05) is 36.4 Å². The SMILES string of the molecule is [C-]#[N+]c1ccc(C(=Cc2c3ccccc3c(-c3ccc(-c4c5ccccc5c(C=C(c5ccccc5)c5ccc(C#N)cc5)c5ccccc45)cc3)c3ccccc23)c2ccccc2)cc1. The summed E-state index contributed by atoms with van der Waals surface area (Å²) in [6.45, 7) is 7.55. The summed E-state index contributed by atoms with van der Waals surface area (Å²) in [5, 5.41) is 19.0. The number of nitrogens with zero attached hydrogens (tertiary/aromatic N) is 2. The molecule has 66 heavy (non-hydrogen) atoms. The van der Waals surface area contributed by atoms with Crippen LogP contribution in [0, 0.1) is 17.9 Å². The minimum atomic E-state index is 0.626.